The topological polar surface area (TPSA) is 71.3 Å². The summed E-state index contributed by atoms with van der Waals surface area (Å²) in [4.78, 5) is 18.8. The molecule has 0 fully saturated rings. The van der Waals surface area contributed by atoms with Gasteiger partial charge in [0.2, 0.25) is 5.82 Å². The summed E-state index contributed by atoms with van der Waals surface area (Å²) in [6, 6.07) is 13.1. The van der Waals surface area contributed by atoms with Crippen molar-refractivity contribution in [1.82, 2.24) is 20.4 Å². The minimum absolute atomic E-state index is 0.274. The van der Waals surface area contributed by atoms with Crippen LogP contribution in [0, 0.1) is 5.82 Å². The largest absolute Gasteiger partial charge is 0.334 e. The summed E-state index contributed by atoms with van der Waals surface area (Å²) in [5.41, 5.74) is 3.90. The zero-order chi connectivity index (χ0) is 22.0. The molecule has 2 aromatic carbocycles. The molecular formula is C24H23FN4O2. The number of benzene rings is 2. The van der Waals surface area contributed by atoms with Crippen LogP contribution in [-0.4, -0.2) is 27.6 Å². The lowest BCUT2D eigenvalue weighted by Gasteiger charge is -2.34. The lowest BCUT2D eigenvalue weighted by molar-refractivity contribution is 0.209. The van der Waals surface area contributed by atoms with Gasteiger partial charge in [0.15, 0.2) is 0 Å². The first-order chi connectivity index (χ1) is 15.0. The van der Waals surface area contributed by atoms with Crippen molar-refractivity contribution in [3.8, 4) is 11.4 Å². The fourth-order valence-electron chi connectivity index (χ4n) is 3.68. The van der Waals surface area contributed by atoms with Crippen molar-refractivity contribution in [3.05, 3.63) is 89.7 Å². The van der Waals surface area contributed by atoms with Crippen LogP contribution in [0.25, 0.3) is 17.0 Å². The van der Waals surface area contributed by atoms with Crippen LogP contribution in [0.2, 0.25) is 0 Å². The first-order valence-electron chi connectivity index (χ1n) is 10.1. The molecule has 31 heavy (non-hydrogen) atoms. The molecule has 4 rings (SSSR count). The molecule has 3 aromatic rings. The van der Waals surface area contributed by atoms with E-state index < -0.39 is 6.04 Å². The number of amides is 2. The lowest BCUT2D eigenvalue weighted by Crippen LogP contribution is -2.46. The monoisotopic (exact) mass is 418 g/mol. The van der Waals surface area contributed by atoms with E-state index >= 15 is 0 Å². The van der Waals surface area contributed by atoms with Gasteiger partial charge in [-0.2, -0.15) is 4.98 Å². The van der Waals surface area contributed by atoms with Gasteiger partial charge in [-0.15, -0.1) is 6.58 Å². The summed E-state index contributed by atoms with van der Waals surface area (Å²) >= 11 is 0. The molecule has 0 saturated heterocycles. The van der Waals surface area contributed by atoms with E-state index in [0.717, 1.165) is 12.0 Å². The molecule has 1 aromatic heterocycles. The summed E-state index contributed by atoms with van der Waals surface area (Å²) < 4.78 is 19.5. The van der Waals surface area contributed by atoms with E-state index in [1.807, 2.05) is 31.2 Å². The molecule has 1 unspecified atom stereocenters. The summed E-state index contributed by atoms with van der Waals surface area (Å²) in [6.45, 7) is 7.94. The molecule has 0 bridgehead atoms. The van der Waals surface area contributed by atoms with Gasteiger partial charge in [-0.3, -0.25) is 4.90 Å². The quantitative estimate of drug-likeness (QED) is 0.564. The Morgan fingerprint density at radius 3 is 2.71 bits per heavy atom. The van der Waals surface area contributed by atoms with Crippen molar-refractivity contribution in [3.63, 3.8) is 0 Å². The lowest BCUT2D eigenvalue weighted by atomic mass is 9.94. The molecule has 6 nitrogen and oxygen atoms in total. The maximum atomic E-state index is 13.9. The molecule has 7 heteroatoms. The first kappa shape index (κ1) is 20.5. The SMILES string of the molecule is C=CCN1C(=O)NC(c2cccc(F)c2)C(c2nc(-c3ccc(CC)cc3)no2)=C1C. The van der Waals surface area contributed by atoms with Gasteiger partial charge in [0, 0.05) is 17.8 Å². The second kappa shape index (κ2) is 8.55. The number of hydrogen-bond donors (Lipinski definition) is 1. The van der Waals surface area contributed by atoms with Gasteiger partial charge in [-0.1, -0.05) is 54.6 Å². The van der Waals surface area contributed by atoms with E-state index in [9.17, 15) is 9.18 Å². The van der Waals surface area contributed by atoms with Gasteiger partial charge < -0.3 is 9.84 Å². The van der Waals surface area contributed by atoms with Crippen LogP contribution in [-0.2, 0) is 6.42 Å². The van der Waals surface area contributed by atoms with Crippen molar-refractivity contribution in [1.29, 1.82) is 0 Å². The Balaban J connectivity index is 1.80. The van der Waals surface area contributed by atoms with Gasteiger partial charge in [0.05, 0.1) is 11.6 Å². The van der Waals surface area contributed by atoms with Crippen LogP contribution in [0.5, 0.6) is 0 Å². The van der Waals surface area contributed by atoms with Crippen LogP contribution in [0.15, 0.2) is 71.4 Å². The Kier molecular flexibility index (Phi) is 5.66. The number of urea groups is 1. The number of nitrogens with zero attached hydrogens (tertiary/aromatic N) is 3. The van der Waals surface area contributed by atoms with E-state index in [1.165, 1.54) is 22.6 Å². The van der Waals surface area contributed by atoms with Gasteiger partial charge in [0.1, 0.15) is 5.82 Å². The van der Waals surface area contributed by atoms with Crippen molar-refractivity contribution in [2.75, 3.05) is 6.54 Å². The zero-order valence-corrected chi connectivity index (χ0v) is 17.4. The number of aryl methyl sites for hydroxylation is 1. The highest BCUT2D eigenvalue weighted by Crippen LogP contribution is 2.37. The normalized spacial score (nSPS) is 16.4. The van der Waals surface area contributed by atoms with Crippen molar-refractivity contribution < 1.29 is 13.7 Å². The molecule has 0 aliphatic carbocycles. The number of aromatic nitrogens is 2. The van der Waals surface area contributed by atoms with E-state index in [2.05, 4.69) is 29.0 Å². The maximum Gasteiger partial charge on any atom is 0.322 e. The fraction of sp³-hybridized carbons (Fsp3) is 0.208. The number of hydrogen-bond acceptors (Lipinski definition) is 4. The molecule has 158 valence electrons. The molecule has 2 heterocycles. The summed E-state index contributed by atoms with van der Waals surface area (Å²) in [6.07, 6.45) is 2.58. The molecule has 1 atom stereocenters. The molecule has 2 amide bonds. The van der Waals surface area contributed by atoms with E-state index in [1.54, 1.807) is 18.2 Å². The van der Waals surface area contributed by atoms with Gasteiger partial charge in [-0.05, 0) is 36.6 Å². The molecule has 0 saturated carbocycles. The van der Waals surface area contributed by atoms with E-state index in [0.29, 0.717) is 29.2 Å². The summed E-state index contributed by atoms with van der Waals surface area (Å²) in [5, 5.41) is 7.07. The van der Waals surface area contributed by atoms with Gasteiger partial charge >= 0.3 is 6.03 Å². The van der Waals surface area contributed by atoms with Gasteiger partial charge in [0.25, 0.3) is 5.89 Å². The molecule has 0 radical (unpaired) electrons. The highest BCUT2D eigenvalue weighted by Gasteiger charge is 2.35. The molecule has 0 spiro atoms. The van der Waals surface area contributed by atoms with Crippen LogP contribution in [0.3, 0.4) is 0 Å². The molecule has 1 N–H and O–H groups in total. The number of nitrogens with one attached hydrogen (secondary N) is 1. The number of allylic oxidation sites excluding steroid dienone is 1. The third-order valence-electron chi connectivity index (χ3n) is 5.37. The minimum Gasteiger partial charge on any atom is -0.334 e. The average Bonchev–Trinajstić information content (AvgIpc) is 3.26. The third kappa shape index (κ3) is 3.99. The Bertz CT molecular complexity index is 1150. The maximum absolute atomic E-state index is 13.9. The minimum atomic E-state index is -0.625. The third-order valence-corrected chi connectivity index (χ3v) is 5.37. The van der Waals surface area contributed by atoms with Crippen LogP contribution < -0.4 is 5.32 Å². The average molecular weight is 418 g/mol. The number of carbonyl (C=O) groups excluding carboxylic acids is 1. The molecule has 1 aliphatic heterocycles. The highest BCUT2D eigenvalue weighted by molar-refractivity contribution is 5.87. The second-order valence-electron chi connectivity index (χ2n) is 7.31. The fourth-order valence-corrected chi connectivity index (χ4v) is 3.68. The number of rotatable bonds is 6. The number of halogens is 1. The molecule has 1 aliphatic rings. The van der Waals surface area contributed by atoms with Crippen LogP contribution in [0.1, 0.15) is 36.9 Å². The second-order valence-corrected chi connectivity index (χ2v) is 7.31. The Labute approximate surface area is 180 Å². The van der Waals surface area contributed by atoms with E-state index in [-0.39, 0.29) is 17.7 Å². The Hall–Kier alpha value is -3.74. The van der Waals surface area contributed by atoms with Crippen LogP contribution >= 0.6 is 0 Å². The smallest absolute Gasteiger partial charge is 0.322 e. The summed E-state index contributed by atoms with van der Waals surface area (Å²) in [7, 11) is 0. The van der Waals surface area contributed by atoms with Crippen molar-refractivity contribution >= 4 is 11.6 Å². The van der Waals surface area contributed by atoms with E-state index in [4.69, 9.17) is 4.52 Å². The Morgan fingerprint density at radius 2 is 2.03 bits per heavy atom. The Morgan fingerprint density at radius 1 is 1.26 bits per heavy atom. The standard InChI is InChI=1S/C24H23FN4O2/c1-4-13-29-15(3)20(21(26-24(29)30)18-7-6-8-19(25)14-18)23-27-22(28-31-23)17-11-9-16(5-2)10-12-17/h4,6-12,14,21H,1,5,13H2,2-3H3,(H,26,30). The first-order valence-corrected chi connectivity index (χ1v) is 10.1. The predicted octanol–water partition coefficient (Wildman–Crippen LogP) is 5.12. The molecular weight excluding hydrogens is 395 g/mol. The van der Waals surface area contributed by atoms with Crippen molar-refractivity contribution in [2.24, 2.45) is 0 Å². The van der Waals surface area contributed by atoms with Gasteiger partial charge in [-0.25, -0.2) is 9.18 Å². The predicted molar refractivity (Wildman–Crippen MR) is 116 cm³/mol. The highest BCUT2D eigenvalue weighted by atomic mass is 19.1. The van der Waals surface area contributed by atoms with Crippen molar-refractivity contribution in [2.45, 2.75) is 26.3 Å². The number of carbonyl (C=O) groups is 1. The summed E-state index contributed by atoms with van der Waals surface area (Å²) in [5.74, 6) is 0.331. The zero-order valence-electron chi connectivity index (χ0n) is 17.4. The van der Waals surface area contributed by atoms with Crippen LogP contribution in [0.4, 0.5) is 9.18 Å².